The van der Waals surface area contributed by atoms with Crippen molar-refractivity contribution in [3.05, 3.63) is 71.4 Å². The predicted octanol–water partition coefficient (Wildman–Crippen LogP) is 3.35. The van der Waals surface area contributed by atoms with Gasteiger partial charge in [0.05, 0.1) is 17.7 Å². The van der Waals surface area contributed by atoms with Gasteiger partial charge in [-0.25, -0.2) is 9.59 Å². The van der Waals surface area contributed by atoms with Crippen LogP contribution in [-0.2, 0) is 9.53 Å². The van der Waals surface area contributed by atoms with Crippen molar-refractivity contribution in [1.29, 1.82) is 0 Å². The van der Waals surface area contributed by atoms with Crippen LogP contribution in [0.15, 0.2) is 60.3 Å². The van der Waals surface area contributed by atoms with Gasteiger partial charge >= 0.3 is 11.9 Å². The Morgan fingerprint density at radius 3 is 2.58 bits per heavy atom. The zero-order valence-corrected chi connectivity index (χ0v) is 14.2. The molecule has 6 nitrogen and oxygen atoms in total. The number of hydrogen-bond donors (Lipinski definition) is 1. The number of para-hydroxylation sites is 1. The van der Waals surface area contributed by atoms with Crippen LogP contribution in [0.1, 0.15) is 34.1 Å². The molecule has 1 aliphatic rings. The first kappa shape index (κ1) is 17.4. The van der Waals surface area contributed by atoms with E-state index in [4.69, 9.17) is 9.47 Å². The molecule has 0 saturated carbocycles. The second-order valence-corrected chi connectivity index (χ2v) is 5.63. The van der Waals surface area contributed by atoms with Crippen LogP contribution in [0.3, 0.4) is 0 Å². The van der Waals surface area contributed by atoms with E-state index in [1.54, 1.807) is 48.5 Å². The summed E-state index contributed by atoms with van der Waals surface area (Å²) in [6, 6.07) is 13.1. The molecule has 6 heteroatoms. The average molecular weight is 351 g/mol. The van der Waals surface area contributed by atoms with Crippen molar-refractivity contribution in [2.45, 2.75) is 13.3 Å². The maximum atomic E-state index is 12.4. The van der Waals surface area contributed by atoms with Gasteiger partial charge in [0.1, 0.15) is 11.3 Å². The van der Waals surface area contributed by atoms with E-state index in [2.05, 4.69) is 5.32 Å². The molecule has 3 rings (SSSR count). The van der Waals surface area contributed by atoms with Crippen LogP contribution < -0.4 is 10.1 Å². The van der Waals surface area contributed by atoms with Crippen molar-refractivity contribution in [3.8, 4) is 5.75 Å². The van der Waals surface area contributed by atoms with Gasteiger partial charge in [-0.2, -0.15) is 0 Å². The third kappa shape index (κ3) is 3.64. The minimum atomic E-state index is -0.707. The molecule has 1 heterocycles. The molecule has 0 atom stereocenters. The lowest BCUT2D eigenvalue weighted by atomic mass is 10.0. The molecule has 2 aromatic carbocycles. The molecule has 0 fully saturated rings. The summed E-state index contributed by atoms with van der Waals surface area (Å²) < 4.78 is 10.2. The fourth-order valence-corrected chi connectivity index (χ4v) is 2.40. The molecule has 0 aliphatic carbocycles. The van der Waals surface area contributed by atoms with Gasteiger partial charge in [0.15, 0.2) is 0 Å². The Kier molecular flexibility index (Phi) is 5.12. The Hall–Kier alpha value is -3.41. The number of anilines is 1. The Labute approximate surface area is 150 Å². The van der Waals surface area contributed by atoms with Crippen LogP contribution >= 0.6 is 0 Å². The fraction of sp³-hybridized carbons (Fsp3) is 0.150. The van der Waals surface area contributed by atoms with E-state index in [-0.39, 0.29) is 17.3 Å². The van der Waals surface area contributed by atoms with Gasteiger partial charge in [0, 0.05) is 11.9 Å². The number of Topliss-reactive ketones (excluding diaryl/α,β-unsaturated/α-hetero) is 1. The van der Waals surface area contributed by atoms with Crippen LogP contribution in [0.5, 0.6) is 5.75 Å². The highest BCUT2D eigenvalue weighted by atomic mass is 16.5. The van der Waals surface area contributed by atoms with Crippen molar-refractivity contribution < 1.29 is 23.9 Å². The van der Waals surface area contributed by atoms with Crippen molar-refractivity contribution in [3.63, 3.8) is 0 Å². The first-order chi connectivity index (χ1) is 12.6. The maximum Gasteiger partial charge on any atom is 0.349 e. The van der Waals surface area contributed by atoms with Gasteiger partial charge in [-0.3, -0.25) is 4.79 Å². The van der Waals surface area contributed by atoms with Gasteiger partial charge in [0.2, 0.25) is 5.78 Å². The molecule has 0 aromatic heterocycles. The van der Waals surface area contributed by atoms with E-state index in [1.807, 2.05) is 6.92 Å². The van der Waals surface area contributed by atoms with E-state index < -0.39 is 11.8 Å². The lowest BCUT2D eigenvalue weighted by Gasteiger charge is -2.16. The Morgan fingerprint density at radius 1 is 1.12 bits per heavy atom. The first-order valence-electron chi connectivity index (χ1n) is 8.20. The zero-order chi connectivity index (χ0) is 18.5. The van der Waals surface area contributed by atoms with Gasteiger partial charge in [-0.05, 0) is 42.8 Å². The van der Waals surface area contributed by atoms with Gasteiger partial charge in [-0.15, -0.1) is 0 Å². The predicted molar refractivity (Wildman–Crippen MR) is 95.1 cm³/mol. The average Bonchev–Trinajstić information content (AvgIpc) is 2.66. The van der Waals surface area contributed by atoms with Gasteiger partial charge < -0.3 is 14.8 Å². The van der Waals surface area contributed by atoms with Crippen LogP contribution in [0, 0.1) is 0 Å². The van der Waals surface area contributed by atoms with E-state index in [0.29, 0.717) is 23.4 Å². The summed E-state index contributed by atoms with van der Waals surface area (Å²) >= 11 is 0. The number of ketones is 1. The molecule has 0 radical (unpaired) electrons. The molecule has 0 spiro atoms. The summed E-state index contributed by atoms with van der Waals surface area (Å²) in [5.74, 6) is -1.24. The third-order valence-corrected chi connectivity index (χ3v) is 3.74. The summed E-state index contributed by atoms with van der Waals surface area (Å²) in [5.41, 5.74) is 1.30. The number of hydrogen-bond acceptors (Lipinski definition) is 6. The summed E-state index contributed by atoms with van der Waals surface area (Å²) in [7, 11) is 0. The number of carbonyl (C=O) groups is 3. The SMILES string of the molecule is CCCOC(=O)c1ccc(NC=C2C(=O)Oc3ccccc3C2=O)cc1. The molecular weight excluding hydrogens is 334 g/mol. The highest BCUT2D eigenvalue weighted by molar-refractivity contribution is 6.27. The minimum Gasteiger partial charge on any atom is -0.462 e. The van der Waals surface area contributed by atoms with E-state index in [9.17, 15) is 14.4 Å². The molecule has 1 aliphatic heterocycles. The number of carbonyl (C=O) groups excluding carboxylic acids is 3. The van der Waals surface area contributed by atoms with Crippen LogP contribution in [-0.4, -0.2) is 24.3 Å². The molecular formula is C20H17NO5. The van der Waals surface area contributed by atoms with Gasteiger partial charge in [-0.1, -0.05) is 19.1 Å². The van der Waals surface area contributed by atoms with Crippen molar-refractivity contribution in [1.82, 2.24) is 0 Å². The number of esters is 2. The summed E-state index contributed by atoms with van der Waals surface area (Å²) in [6.07, 6.45) is 2.07. The molecule has 132 valence electrons. The Morgan fingerprint density at radius 2 is 1.85 bits per heavy atom. The first-order valence-corrected chi connectivity index (χ1v) is 8.20. The van der Waals surface area contributed by atoms with Crippen molar-refractivity contribution in [2.75, 3.05) is 11.9 Å². The number of rotatable bonds is 5. The summed E-state index contributed by atoms with van der Waals surface area (Å²) in [4.78, 5) is 36.2. The number of ether oxygens (including phenoxy) is 2. The Balaban J connectivity index is 1.73. The summed E-state index contributed by atoms with van der Waals surface area (Å²) in [6.45, 7) is 2.29. The molecule has 1 N–H and O–H groups in total. The maximum absolute atomic E-state index is 12.4. The highest BCUT2D eigenvalue weighted by Crippen LogP contribution is 2.27. The number of fused-ring (bicyclic) bond motifs is 1. The summed E-state index contributed by atoms with van der Waals surface area (Å²) in [5, 5.41) is 2.88. The Bertz CT molecular complexity index is 883. The molecule has 0 unspecified atom stereocenters. The van der Waals surface area contributed by atoms with Crippen LogP contribution in [0.2, 0.25) is 0 Å². The molecule has 0 amide bonds. The largest absolute Gasteiger partial charge is 0.462 e. The second kappa shape index (κ2) is 7.65. The standard InChI is InChI=1S/C20H17NO5/c1-2-11-25-19(23)13-7-9-14(10-8-13)21-12-16-18(22)15-5-3-4-6-17(15)26-20(16)24/h3-10,12,21H,2,11H2,1H3. The van der Waals surface area contributed by atoms with Crippen LogP contribution in [0.4, 0.5) is 5.69 Å². The molecule has 26 heavy (non-hydrogen) atoms. The smallest absolute Gasteiger partial charge is 0.349 e. The normalized spacial score (nSPS) is 14.6. The quantitative estimate of drug-likeness (QED) is 0.385. The number of nitrogens with one attached hydrogen (secondary N) is 1. The molecule has 2 aromatic rings. The number of benzene rings is 2. The second-order valence-electron chi connectivity index (χ2n) is 5.63. The van der Waals surface area contributed by atoms with Gasteiger partial charge in [0.25, 0.3) is 0 Å². The molecule has 0 saturated heterocycles. The molecule has 0 bridgehead atoms. The van der Waals surface area contributed by atoms with E-state index >= 15 is 0 Å². The lowest BCUT2D eigenvalue weighted by molar-refractivity contribution is -0.130. The third-order valence-electron chi connectivity index (χ3n) is 3.74. The topological polar surface area (TPSA) is 81.7 Å². The fourth-order valence-electron chi connectivity index (χ4n) is 2.40. The highest BCUT2D eigenvalue weighted by Gasteiger charge is 2.30. The zero-order valence-electron chi connectivity index (χ0n) is 14.2. The van der Waals surface area contributed by atoms with E-state index in [1.165, 1.54) is 6.20 Å². The van der Waals surface area contributed by atoms with Crippen LogP contribution in [0.25, 0.3) is 0 Å². The van der Waals surface area contributed by atoms with E-state index in [0.717, 1.165) is 6.42 Å². The van der Waals surface area contributed by atoms with Crippen molar-refractivity contribution >= 4 is 23.4 Å². The monoisotopic (exact) mass is 351 g/mol. The lowest BCUT2D eigenvalue weighted by Crippen LogP contribution is -2.25. The minimum absolute atomic E-state index is 0.0878. The van der Waals surface area contributed by atoms with Crippen molar-refractivity contribution in [2.24, 2.45) is 0 Å².